The third-order valence-electron chi connectivity index (χ3n) is 2.83. The first kappa shape index (κ1) is 17.2. The minimum atomic E-state index is -0.249. The van der Waals surface area contributed by atoms with E-state index in [0.29, 0.717) is 23.9 Å². The zero-order chi connectivity index (χ0) is 16.7. The summed E-state index contributed by atoms with van der Waals surface area (Å²) in [6, 6.07) is 7.18. The molecule has 1 aromatic carbocycles. The number of benzene rings is 1. The van der Waals surface area contributed by atoms with Crippen molar-refractivity contribution in [2.75, 3.05) is 18.5 Å². The van der Waals surface area contributed by atoms with E-state index in [9.17, 15) is 4.79 Å². The summed E-state index contributed by atoms with van der Waals surface area (Å²) in [6.07, 6.45) is 0.690. The molecule has 124 valence electrons. The van der Waals surface area contributed by atoms with Crippen LogP contribution in [0.25, 0.3) is 0 Å². The Kier molecular flexibility index (Phi) is 6.37. The van der Waals surface area contributed by atoms with Gasteiger partial charge in [0.25, 0.3) is 5.91 Å². The number of carbonyl (C=O) groups is 1. The molecule has 0 aliphatic heterocycles. The molecular formula is C16H21N3O3S. The van der Waals surface area contributed by atoms with Gasteiger partial charge in [0, 0.05) is 17.8 Å². The average molecular weight is 335 g/mol. The van der Waals surface area contributed by atoms with Gasteiger partial charge < -0.3 is 15.2 Å². The van der Waals surface area contributed by atoms with E-state index in [4.69, 9.17) is 15.2 Å². The number of rotatable bonds is 8. The van der Waals surface area contributed by atoms with E-state index in [-0.39, 0.29) is 18.6 Å². The Labute approximate surface area is 139 Å². The Hall–Kier alpha value is -2.12. The van der Waals surface area contributed by atoms with E-state index in [1.165, 1.54) is 11.3 Å². The van der Waals surface area contributed by atoms with Gasteiger partial charge in [-0.3, -0.25) is 10.1 Å². The van der Waals surface area contributed by atoms with Crippen LogP contribution in [0.4, 0.5) is 5.13 Å². The number of ether oxygens (including phenoxy) is 2. The molecule has 0 aliphatic carbocycles. The van der Waals surface area contributed by atoms with Crippen molar-refractivity contribution in [1.29, 1.82) is 0 Å². The number of nitrogens with zero attached hydrogens (tertiary/aromatic N) is 1. The number of hydrogen-bond donors (Lipinski definition) is 2. The predicted octanol–water partition coefficient (Wildman–Crippen LogP) is 2.45. The molecule has 0 aliphatic rings. The van der Waals surface area contributed by atoms with E-state index in [1.807, 2.05) is 19.2 Å². The van der Waals surface area contributed by atoms with Crippen LogP contribution in [0.15, 0.2) is 29.6 Å². The van der Waals surface area contributed by atoms with E-state index >= 15 is 0 Å². The molecule has 3 N–H and O–H groups in total. The molecule has 1 unspecified atom stereocenters. The Morgan fingerprint density at radius 3 is 2.57 bits per heavy atom. The summed E-state index contributed by atoms with van der Waals surface area (Å²) in [5.74, 6) is 1.13. The van der Waals surface area contributed by atoms with E-state index < -0.39 is 0 Å². The third kappa shape index (κ3) is 5.88. The molecule has 7 heteroatoms. The first-order valence-electron chi connectivity index (χ1n) is 7.42. The fourth-order valence-electron chi connectivity index (χ4n) is 1.89. The van der Waals surface area contributed by atoms with Crippen LogP contribution < -0.4 is 20.5 Å². The van der Waals surface area contributed by atoms with E-state index in [0.717, 1.165) is 11.4 Å². The SMILES string of the molecule is CCOc1ccc(OCC(=O)Nc2nc(CC(C)N)cs2)cc1. The smallest absolute Gasteiger partial charge is 0.264 e. The number of hydrogen-bond acceptors (Lipinski definition) is 6. The highest BCUT2D eigenvalue weighted by molar-refractivity contribution is 7.13. The van der Waals surface area contributed by atoms with Crippen LogP contribution in [-0.4, -0.2) is 30.1 Å². The number of nitrogens with two attached hydrogens (primary N) is 1. The van der Waals surface area contributed by atoms with Crippen LogP contribution in [0.5, 0.6) is 11.5 Å². The summed E-state index contributed by atoms with van der Waals surface area (Å²) in [5, 5.41) is 5.17. The van der Waals surface area contributed by atoms with Crippen LogP contribution in [0, 0.1) is 0 Å². The minimum absolute atomic E-state index is 0.0450. The first-order chi connectivity index (χ1) is 11.1. The Morgan fingerprint density at radius 2 is 1.96 bits per heavy atom. The van der Waals surface area contributed by atoms with Crippen molar-refractivity contribution in [3.8, 4) is 11.5 Å². The second-order valence-electron chi connectivity index (χ2n) is 5.07. The summed E-state index contributed by atoms with van der Waals surface area (Å²) < 4.78 is 10.8. The molecule has 0 saturated heterocycles. The van der Waals surface area contributed by atoms with Crippen LogP contribution >= 0.6 is 11.3 Å². The molecule has 2 aromatic rings. The van der Waals surface area contributed by atoms with Crippen molar-refractivity contribution in [2.24, 2.45) is 5.73 Å². The number of aromatic nitrogens is 1. The monoisotopic (exact) mass is 335 g/mol. The van der Waals surface area contributed by atoms with Crippen LogP contribution in [0.2, 0.25) is 0 Å². The molecule has 0 radical (unpaired) electrons. The van der Waals surface area contributed by atoms with Crippen molar-refractivity contribution in [1.82, 2.24) is 4.98 Å². The molecule has 0 spiro atoms. The number of nitrogens with one attached hydrogen (secondary N) is 1. The molecule has 0 saturated carbocycles. The van der Waals surface area contributed by atoms with Gasteiger partial charge in [0.05, 0.1) is 12.3 Å². The lowest BCUT2D eigenvalue weighted by atomic mass is 10.2. The topological polar surface area (TPSA) is 86.5 Å². The fourth-order valence-corrected chi connectivity index (χ4v) is 2.63. The van der Waals surface area contributed by atoms with Gasteiger partial charge in [0.1, 0.15) is 11.5 Å². The van der Waals surface area contributed by atoms with E-state index in [2.05, 4.69) is 10.3 Å². The molecule has 1 atom stereocenters. The standard InChI is InChI=1S/C16H21N3O3S/c1-3-21-13-4-6-14(7-5-13)22-9-15(20)19-16-18-12(10-23-16)8-11(2)17/h4-7,10-11H,3,8-9,17H2,1-2H3,(H,18,19,20). The Bertz CT molecular complexity index is 626. The van der Waals surface area contributed by atoms with E-state index in [1.54, 1.807) is 24.3 Å². The summed E-state index contributed by atoms with van der Waals surface area (Å²) in [7, 11) is 0. The van der Waals surface area contributed by atoms with Gasteiger partial charge in [0.15, 0.2) is 11.7 Å². The maximum absolute atomic E-state index is 11.9. The third-order valence-corrected chi connectivity index (χ3v) is 3.64. The second kappa shape index (κ2) is 8.50. The van der Waals surface area contributed by atoms with Gasteiger partial charge in [-0.15, -0.1) is 11.3 Å². The Morgan fingerprint density at radius 1 is 1.30 bits per heavy atom. The molecule has 23 heavy (non-hydrogen) atoms. The van der Waals surface area contributed by atoms with Crippen molar-refractivity contribution in [3.05, 3.63) is 35.3 Å². The summed E-state index contributed by atoms with van der Waals surface area (Å²) in [4.78, 5) is 16.2. The second-order valence-corrected chi connectivity index (χ2v) is 5.92. The lowest BCUT2D eigenvalue weighted by molar-refractivity contribution is -0.118. The van der Waals surface area contributed by atoms with Gasteiger partial charge in [-0.05, 0) is 38.1 Å². The van der Waals surface area contributed by atoms with Crippen molar-refractivity contribution in [3.63, 3.8) is 0 Å². The van der Waals surface area contributed by atoms with Crippen molar-refractivity contribution in [2.45, 2.75) is 26.3 Å². The number of anilines is 1. The Balaban J connectivity index is 1.79. The van der Waals surface area contributed by atoms with Gasteiger partial charge >= 0.3 is 0 Å². The molecule has 1 amide bonds. The first-order valence-corrected chi connectivity index (χ1v) is 8.30. The van der Waals surface area contributed by atoms with Gasteiger partial charge in [0.2, 0.25) is 0 Å². The zero-order valence-electron chi connectivity index (χ0n) is 13.2. The molecule has 1 heterocycles. The number of amides is 1. The molecule has 2 rings (SSSR count). The molecule has 1 aromatic heterocycles. The summed E-state index contributed by atoms with van der Waals surface area (Å²) in [5.41, 5.74) is 6.61. The molecule has 6 nitrogen and oxygen atoms in total. The van der Waals surface area contributed by atoms with Crippen LogP contribution in [0.3, 0.4) is 0 Å². The number of carbonyl (C=O) groups excluding carboxylic acids is 1. The zero-order valence-corrected chi connectivity index (χ0v) is 14.1. The highest BCUT2D eigenvalue weighted by atomic mass is 32.1. The minimum Gasteiger partial charge on any atom is -0.494 e. The van der Waals surface area contributed by atoms with Gasteiger partial charge in [-0.1, -0.05) is 0 Å². The average Bonchev–Trinajstić information content (AvgIpc) is 2.93. The quantitative estimate of drug-likeness (QED) is 0.774. The highest BCUT2D eigenvalue weighted by Crippen LogP contribution is 2.18. The normalized spacial score (nSPS) is 11.8. The van der Waals surface area contributed by atoms with Gasteiger partial charge in [-0.2, -0.15) is 0 Å². The molecule has 0 bridgehead atoms. The van der Waals surface area contributed by atoms with Gasteiger partial charge in [-0.25, -0.2) is 4.98 Å². The maximum Gasteiger partial charge on any atom is 0.264 e. The lowest BCUT2D eigenvalue weighted by Gasteiger charge is -2.07. The predicted molar refractivity (Wildman–Crippen MR) is 91.2 cm³/mol. The summed E-state index contributed by atoms with van der Waals surface area (Å²) in [6.45, 7) is 4.38. The van der Waals surface area contributed by atoms with Crippen molar-refractivity contribution < 1.29 is 14.3 Å². The maximum atomic E-state index is 11.9. The number of thiazole rings is 1. The lowest BCUT2D eigenvalue weighted by Crippen LogP contribution is -2.20. The summed E-state index contributed by atoms with van der Waals surface area (Å²) >= 11 is 1.38. The largest absolute Gasteiger partial charge is 0.494 e. The fraction of sp³-hybridized carbons (Fsp3) is 0.375. The van der Waals surface area contributed by atoms with Crippen LogP contribution in [-0.2, 0) is 11.2 Å². The van der Waals surface area contributed by atoms with Crippen LogP contribution in [0.1, 0.15) is 19.5 Å². The van der Waals surface area contributed by atoms with Crippen molar-refractivity contribution >= 4 is 22.4 Å². The highest BCUT2D eigenvalue weighted by Gasteiger charge is 2.08. The molecule has 0 fully saturated rings. The molecular weight excluding hydrogens is 314 g/mol.